The van der Waals surface area contributed by atoms with Gasteiger partial charge in [-0.2, -0.15) is 4.31 Å². The van der Waals surface area contributed by atoms with E-state index < -0.39 is 28.5 Å². The third-order valence-corrected chi connectivity index (χ3v) is 7.88. The average molecular weight is 572 g/mol. The van der Waals surface area contributed by atoms with E-state index in [-0.39, 0.29) is 32.2 Å². The van der Waals surface area contributed by atoms with Crippen molar-refractivity contribution < 1.29 is 27.5 Å². The topological polar surface area (TPSA) is 105 Å². The Morgan fingerprint density at radius 2 is 1.62 bits per heavy atom. The van der Waals surface area contributed by atoms with Gasteiger partial charge in [0.2, 0.25) is 28.6 Å². The third kappa shape index (κ3) is 7.72. The molecular weight excluding hydrogens is 542 g/mol. The van der Waals surface area contributed by atoms with E-state index in [1.165, 1.54) is 11.9 Å². The summed E-state index contributed by atoms with van der Waals surface area (Å²) in [5.74, 6) is 0.366. The summed E-state index contributed by atoms with van der Waals surface area (Å²) in [7, 11) is -2.29. The van der Waals surface area contributed by atoms with Crippen LogP contribution >= 0.6 is 11.6 Å². The highest BCUT2D eigenvalue weighted by Crippen LogP contribution is 2.32. The molecule has 0 radical (unpaired) electrons. The highest BCUT2D eigenvalue weighted by molar-refractivity contribution is 7.88. The van der Waals surface area contributed by atoms with Crippen LogP contribution < -0.4 is 14.8 Å². The fourth-order valence-corrected chi connectivity index (χ4v) is 4.57. The first-order valence-corrected chi connectivity index (χ1v) is 14.5. The minimum atomic E-state index is -3.62. The van der Waals surface area contributed by atoms with Crippen molar-refractivity contribution >= 4 is 33.4 Å². The van der Waals surface area contributed by atoms with E-state index in [1.807, 2.05) is 36.4 Å². The Kier molecular flexibility index (Phi) is 9.11. The van der Waals surface area contributed by atoms with Gasteiger partial charge in [-0.1, -0.05) is 60.1 Å². The lowest BCUT2D eigenvalue weighted by Gasteiger charge is -2.32. The first-order valence-electron chi connectivity index (χ1n) is 12.3. The van der Waals surface area contributed by atoms with E-state index in [0.717, 1.165) is 27.3 Å². The number of hydrogen-bond acceptors (Lipinski definition) is 6. The van der Waals surface area contributed by atoms with Crippen LogP contribution in [0.1, 0.15) is 16.7 Å². The normalized spacial score (nSPS) is 13.2. The second kappa shape index (κ2) is 12.5. The molecule has 39 heavy (non-hydrogen) atoms. The Hall–Kier alpha value is -3.60. The van der Waals surface area contributed by atoms with Crippen LogP contribution in [-0.4, -0.2) is 62.1 Å². The minimum absolute atomic E-state index is 0.0859. The molecule has 0 fully saturated rings. The summed E-state index contributed by atoms with van der Waals surface area (Å²) < 4.78 is 35.9. The smallest absolute Gasteiger partial charge is 0.243 e. The maximum atomic E-state index is 13.7. The molecule has 206 valence electrons. The van der Waals surface area contributed by atoms with E-state index in [4.69, 9.17) is 21.1 Å². The van der Waals surface area contributed by atoms with Gasteiger partial charge in [0, 0.05) is 31.6 Å². The van der Waals surface area contributed by atoms with Gasteiger partial charge in [0.25, 0.3) is 0 Å². The molecule has 0 bridgehead atoms. The number of hydrogen-bond donors (Lipinski definition) is 1. The fourth-order valence-electron chi connectivity index (χ4n) is 4.10. The molecule has 0 aliphatic carbocycles. The SMILES string of the molecule is CN(CC(=O)N(Cc1ccc(Cl)cc1)[C@@H](Cc1ccccc1)C(=O)NCc1ccc2c(c1)OCO2)S(C)(=O)=O. The number of amides is 2. The lowest BCUT2D eigenvalue weighted by Crippen LogP contribution is -2.52. The molecule has 1 N–H and O–H groups in total. The number of fused-ring (bicyclic) bond motifs is 1. The maximum Gasteiger partial charge on any atom is 0.243 e. The number of sulfonamides is 1. The van der Waals surface area contributed by atoms with E-state index in [2.05, 4.69) is 5.32 Å². The van der Waals surface area contributed by atoms with Crippen molar-refractivity contribution in [2.45, 2.75) is 25.6 Å². The van der Waals surface area contributed by atoms with Crippen LogP contribution in [0, 0.1) is 0 Å². The molecule has 9 nitrogen and oxygen atoms in total. The summed E-state index contributed by atoms with van der Waals surface area (Å²) in [5.41, 5.74) is 2.40. The van der Waals surface area contributed by atoms with E-state index in [1.54, 1.807) is 36.4 Å². The molecule has 4 rings (SSSR count). The first kappa shape index (κ1) is 28.4. The van der Waals surface area contributed by atoms with Gasteiger partial charge >= 0.3 is 0 Å². The van der Waals surface area contributed by atoms with Gasteiger partial charge in [-0.3, -0.25) is 9.59 Å². The van der Waals surface area contributed by atoms with Crippen LogP contribution in [0.3, 0.4) is 0 Å². The zero-order valence-electron chi connectivity index (χ0n) is 21.7. The molecule has 11 heteroatoms. The number of halogens is 1. The summed E-state index contributed by atoms with van der Waals surface area (Å²) in [5, 5.41) is 3.48. The second-order valence-electron chi connectivity index (χ2n) is 9.28. The number of likely N-dealkylation sites (N-methyl/N-ethyl adjacent to an activating group) is 1. The number of nitrogens with zero attached hydrogens (tertiary/aromatic N) is 2. The molecule has 0 spiro atoms. The van der Waals surface area contributed by atoms with Crippen molar-refractivity contribution in [3.05, 3.63) is 94.5 Å². The van der Waals surface area contributed by atoms with E-state index in [0.29, 0.717) is 16.5 Å². The van der Waals surface area contributed by atoms with Crippen molar-refractivity contribution in [2.75, 3.05) is 26.6 Å². The molecular formula is C28H30ClN3O6S. The molecule has 1 aliphatic rings. The Morgan fingerprint density at radius 3 is 2.31 bits per heavy atom. The van der Waals surface area contributed by atoms with Crippen molar-refractivity contribution in [3.8, 4) is 11.5 Å². The van der Waals surface area contributed by atoms with Gasteiger partial charge in [0.05, 0.1) is 12.8 Å². The van der Waals surface area contributed by atoms with Gasteiger partial charge < -0.3 is 19.7 Å². The summed E-state index contributed by atoms with van der Waals surface area (Å²) in [6.07, 6.45) is 1.26. The third-order valence-electron chi connectivity index (χ3n) is 6.37. The molecule has 0 aromatic heterocycles. The summed E-state index contributed by atoms with van der Waals surface area (Å²) >= 11 is 6.05. The first-order chi connectivity index (χ1) is 18.6. The summed E-state index contributed by atoms with van der Waals surface area (Å²) in [6.45, 7) is 0.0245. The lowest BCUT2D eigenvalue weighted by atomic mass is 10.0. The minimum Gasteiger partial charge on any atom is -0.454 e. The molecule has 3 aromatic carbocycles. The number of carbonyl (C=O) groups is 2. The van der Waals surface area contributed by atoms with Crippen LogP contribution in [0.15, 0.2) is 72.8 Å². The Bertz CT molecular complexity index is 1420. The zero-order valence-corrected chi connectivity index (χ0v) is 23.2. The maximum absolute atomic E-state index is 13.7. The molecule has 0 saturated heterocycles. The Labute approximate surface area is 233 Å². The quantitative estimate of drug-likeness (QED) is 0.379. The average Bonchev–Trinajstić information content (AvgIpc) is 3.38. The highest BCUT2D eigenvalue weighted by Gasteiger charge is 2.32. The summed E-state index contributed by atoms with van der Waals surface area (Å²) in [6, 6.07) is 20.8. The number of nitrogens with one attached hydrogen (secondary N) is 1. The van der Waals surface area contributed by atoms with Gasteiger partial charge in [0.1, 0.15) is 6.04 Å². The monoisotopic (exact) mass is 571 g/mol. The highest BCUT2D eigenvalue weighted by atomic mass is 35.5. The molecule has 0 unspecified atom stereocenters. The Morgan fingerprint density at radius 1 is 0.949 bits per heavy atom. The number of ether oxygens (including phenoxy) is 2. The van der Waals surface area contributed by atoms with Gasteiger partial charge in [-0.25, -0.2) is 8.42 Å². The van der Waals surface area contributed by atoms with Gasteiger partial charge in [-0.15, -0.1) is 0 Å². The predicted molar refractivity (Wildman–Crippen MR) is 148 cm³/mol. The Balaban J connectivity index is 1.62. The molecule has 1 atom stereocenters. The van der Waals surface area contributed by atoms with Crippen molar-refractivity contribution in [1.82, 2.24) is 14.5 Å². The van der Waals surface area contributed by atoms with Crippen LogP contribution in [0.2, 0.25) is 5.02 Å². The zero-order chi connectivity index (χ0) is 28.0. The number of benzene rings is 3. The largest absolute Gasteiger partial charge is 0.454 e. The van der Waals surface area contributed by atoms with Crippen LogP contribution in [0.5, 0.6) is 11.5 Å². The fraction of sp³-hybridized carbons (Fsp3) is 0.286. The standard InChI is InChI=1S/C28H30ClN3O6S/c1-31(39(2,35)36)18-27(33)32(17-21-8-11-23(29)12-9-21)24(14-20-6-4-3-5-7-20)28(34)30-16-22-10-13-25-26(15-22)38-19-37-25/h3-13,15,24H,14,16-19H2,1-2H3,(H,30,34)/t24-/m0/s1. The van der Waals surface area contributed by atoms with Gasteiger partial charge in [0.15, 0.2) is 11.5 Å². The molecule has 1 heterocycles. The summed E-state index contributed by atoms with van der Waals surface area (Å²) in [4.78, 5) is 28.7. The predicted octanol–water partition coefficient (Wildman–Crippen LogP) is 3.22. The lowest BCUT2D eigenvalue weighted by molar-refractivity contribution is -0.141. The number of rotatable bonds is 11. The van der Waals surface area contributed by atoms with Gasteiger partial charge in [-0.05, 0) is 41.0 Å². The van der Waals surface area contributed by atoms with Crippen LogP contribution in [0.4, 0.5) is 0 Å². The molecule has 0 saturated carbocycles. The molecule has 1 aliphatic heterocycles. The van der Waals surface area contributed by atoms with Crippen molar-refractivity contribution in [2.24, 2.45) is 0 Å². The van der Waals surface area contributed by atoms with Crippen molar-refractivity contribution in [1.29, 1.82) is 0 Å². The van der Waals surface area contributed by atoms with E-state index >= 15 is 0 Å². The second-order valence-corrected chi connectivity index (χ2v) is 11.8. The molecule has 2 amide bonds. The van der Waals surface area contributed by atoms with Crippen LogP contribution in [0.25, 0.3) is 0 Å². The molecule has 3 aromatic rings. The van der Waals surface area contributed by atoms with E-state index in [9.17, 15) is 18.0 Å². The number of carbonyl (C=O) groups excluding carboxylic acids is 2. The van der Waals surface area contributed by atoms with Crippen molar-refractivity contribution in [3.63, 3.8) is 0 Å². The van der Waals surface area contributed by atoms with Crippen LogP contribution in [-0.2, 0) is 39.1 Å².